The highest BCUT2D eigenvalue weighted by molar-refractivity contribution is 5.65. The Bertz CT molecular complexity index is 281. The van der Waals surface area contributed by atoms with Crippen LogP contribution < -0.4 is 5.32 Å². The normalized spacial score (nSPS) is 22.6. The van der Waals surface area contributed by atoms with Gasteiger partial charge in [0.15, 0.2) is 0 Å². The molecule has 0 aromatic rings. The first-order chi connectivity index (χ1) is 7.86. The molecule has 0 bridgehead atoms. The molecule has 0 aromatic carbocycles. The molecule has 0 aromatic heterocycles. The van der Waals surface area contributed by atoms with Crippen LogP contribution in [0.25, 0.3) is 0 Å². The fraction of sp³-hybridized carbons (Fsp3) is 0.750. The minimum absolute atomic E-state index is 0.0832. The van der Waals surface area contributed by atoms with Crippen LogP contribution in [-0.4, -0.2) is 42.7 Å². The fourth-order valence-electron chi connectivity index (χ4n) is 1.83. The second-order valence-electron chi connectivity index (χ2n) is 5.26. The Balaban J connectivity index is 2.75. The van der Waals surface area contributed by atoms with Crippen LogP contribution in [0.1, 0.15) is 20.8 Å². The molecule has 5 nitrogen and oxygen atoms in total. The van der Waals surface area contributed by atoms with Crippen LogP contribution in [0.15, 0.2) is 12.7 Å². The van der Waals surface area contributed by atoms with Gasteiger partial charge >= 0.3 is 6.09 Å². The molecule has 5 heteroatoms. The highest BCUT2D eigenvalue weighted by Crippen LogP contribution is 2.30. The molecule has 3 atom stereocenters. The molecule has 1 rings (SSSR count). The lowest BCUT2D eigenvalue weighted by molar-refractivity contribution is -0.0330. The summed E-state index contributed by atoms with van der Waals surface area (Å²) in [5.74, 6) is 0. The van der Waals surface area contributed by atoms with Gasteiger partial charge in [0.2, 0.25) is 0 Å². The van der Waals surface area contributed by atoms with E-state index in [9.17, 15) is 4.79 Å². The van der Waals surface area contributed by atoms with E-state index in [2.05, 4.69) is 11.9 Å². The second-order valence-corrected chi connectivity index (χ2v) is 5.26. The summed E-state index contributed by atoms with van der Waals surface area (Å²) in [7, 11) is 0. The number of carbonyl (C=O) groups is 1. The van der Waals surface area contributed by atoms with E-state index in [0.717, 1.165) is 0 Å². The van der Waals surface area contributed by atoms with Crippen LogP contribution in [0, 0.1) is 5.41 Å². The molecule has 1 fully saturated rings. The number of epoxide rings is 1. The highest BCUT2D eigenvalue weighted by Gasteiger charge is 2.44. The molecule has 1 aliphatic heterocycles. The Morgan fingerprint density at radius 2 is 2.29 bits per heavy atom. The molecule has 0 spiro atoms. The first kappa shape index (κ1) is 14.0. The van der Waals surface area contributed by atoms with Crippen LogP contribution in [0.4, 0.5) is 4.79 Å². The molecule has 0 aliphatic carbocycles. The first-order valence-corrected chi connectivity index (χ1v) is 5.70. The van der Waals surface area contributed by atoms with Crippen molar-refractivity contribution in [1.29, 1.82) is 0 Å². The summed E-state index contributed by atoms with van der Waals surface area (Å²) < 4.78 is 10.9. The number of amides is 1. The van der Waals surface area contributed by atoms with Gasteiger partial charge in [0, 0.05) is 0 Å². The van der Waals surface area contributed by atoms with Gasteiger partial charge in [-0.2, -0.15) is 0 Å². The molecule has 1 saturated heterocycles. The van der Waals surface area contributed by atoms with E-state index in [1.807, 2.05) is 20.8 Å². The van der Waals surface area contributed by atoms with Crippen molar-refractivity contribution in [2.24, 2.45) is 5.41 Å². The average Bonchev–Trinajstić information content (AvgIpc) is 2.97. The predicted octanol–water partition coefficient (Wildman–Crippen LogP) is 1.64. The van der Waals surface area contributed by atoms with E-state index in [1.54, 1.807) is 6.08 Å². The minimum Gasteiger partial charge on any atom is -0.465 e. The van der Waals surface area contributed by atoms with Gasteiger partial charge in [-0.25, -0.2) is 4.79 Å². The van der Waals surface area contributed by atoms with Crippen molar-refractivity contribution in [3.63, 3.8) is 0 Å². The third-order valence-electron chi connectivity index (χ3n) is 2.62. The van der Waals surface area contributed by atoms with Gasteiger partial charge in [-0.05, 0) is 5.41 Å². The summed E-state index contributed by atoms with van der Waals surface area (Å²) in [6, 6.07) is -0.340. The zero-order chi connectivity index (χ0) is 13.1. The first-order valence-electron chi connectivity index (χ1n) is 5.70. The number of rotatable bonds is 6. The second kappa shape index (κ2) is 5.51. The molecule has 2 N–H and O–H groups in total. The quantitative estimate of drug-likeness (QED) is 0.549. The molecular weight excluding hydrogens is 222 g/mol. The van der Waals surface area contributed by atoms with Crippen molar-refractivity contribution in [3.05, 3.63) is 12.7 Å². The summed E-state index contributed by atoms with van der Waals surface area (Å²) in [4.78, 5) is 10.8. The topological polar surface area (TPSA) is 71.1 Å². The molecule has 1 aliphatic rings. The number of ether oxygens (including phenoxy) is 2. The zero-order valence-electron chi connectivity index (χ0n) is 10.6. The van der Waals surface area contributed by atoms with Crippen molar-refractivity contribution in [2.75, 3.05) is 13.2 Å². The maximum absolute atomic E-state index is 10.8. The van der Waals surface area contributed by atoms with Crippen LogP contribution >= 0.6 is 0 Å². The van der Waals surface area contributed by atoms with Gasteiger partial charge in [0.25, 0.3) is 0 Å². The lowest BCUT2D eigenvalue weighted by Gasteiger charge is -2.35. The summed E-state index contributed by atoms with van der Waals surface area (Å²) in [6.45, 7) is 10.6. The highest BCUT2D eigenvalue weighted by atomic mass is 16.6. The SMILES string of the molecule is C=CCO[C@@H](C(NC(=O)O)[C@H]1CO1)C(C)(C)C. The number of nitrogens with one attached hydrogen (secondary N) is 1. The van der Waals surface area contributed by atoms with Gasteiger partial charge in [-0.15, -0.1) is 6.58 Å². The Morgan fingerprint density at radius 1 is 1.71 bits per heavy atom. The van der Waals surface area contributed by atoms with E-state index in [0.29, 0.717) is 13.2 Å². The largest absolute Gasteiger partial charge is 0.465 e. The minimum atomic E-state index is -1.05. The zero-order valence-corrected chi connectivity index (χ0v) is 10.6. The fourth-order valence-corrected chi connectivity index (χ4v) is 1.83. The lowest BCUT2D eigenvalue weighted by Crippen LogP contribution is -2.53. The summed E-state index contributed by atoms with van der Waals surface area (Å²) in [5, 5.41) is 11.3. The molecule has 0 saturated carbocycles. The summed E-state index contributed by atoms with van der Waals surface area (Å²) in [5.41, 5.74) is -0.178. The summed E-state index contributed by atoms with van der Waals surface area (Å²) >= 11 is 0. The van der Waals surface area contributed by atoms with Crippen LogP contribution in [0.3, 0.4) is 0 Å². The monoisotopic (exact) mass is 243 g/mol. The third kappa shape index (κ3) is 4.36. The maximum Gasteiger partial charge on any atom is 0.405 e. The third-order valence-corrected chi connectivity index (χ3v) is 2.62. The van der Waals surface area contributed by atoms with E-state index < -0.39 is 6.09 Å². The van der Waals surface area contributed by atoms with Gasteiger partial charge in [0.05, 0.1) is 25.4 Å². The van der Waals surface area contributed by atoms with Crippen molar-refractivity contribution in [3.8, 4) is 0 Å². The number of carboxylic acid groups (broad SMARTS) is 1. The Labute approximate surface area is 102 Å². The van der Waals surface area contributed by atoms with Gasteiger partial charge in [0.1, 0.15) is 6.10 Å². The van der Waals surface area contributed by atoms with Crippen LogP contribution in [-0.2, 0) is 9.47 Å². The van der Waals surface area contributed by atoms with Crippen molar-refractivity contribution in [2.45, 2.75) is 39.0 Å². The van der Waals surface area contributed by atoms with Gasteiger partial charge in [-0.1, -0.05) is 26.8 Å². The molecule has 1 heterocycles. The molecule has 1 amide bonds. The molecule has 98 valence electrons. The van der Waals surface area contributed by atoms with Crippen molar-refractivity contribution in [1.82, 2.24) is 5.32 Å². The average molecular weight is 243 g/mol. The Morgan fingerprint density at radius 3 is 2.65 bits per heavy atom. The van der Waals surface area contributed by atoms with E-state index in [4.69, 9.17) is 14.6 Å². The smallest absolute Gasteiger partial charge is 0.405 e. The van der Waals surface area contributed by atoms with Gasteiger partial charge < -0.3 is 19.9 Å². The standard InChI is InChI=1S/C12H21NO4/c1-5-6-16-10(12(2,3)4)9(8-7-17-8)13-11(14)15/h5,8-10,13H,1,6-7H2,2-4H3,(H,14,15)/t8-,9?,10+/m1/s1. The molecular formula is C12H21NO4. The summed E-state index contributed by atoms with van der Waals surface area (Å²) in [6.07, 6.45) is 0.274. The van der Waals surface area contributed by atoms with E-state index >= 15 is 0 Å². The van der Waals surface area contributed by atoms with Crippen molar-refractivity contribution >= 4 is 6.09 Å². The Kier molecular flexibility index (Phi) is 4.54. The van der Waals surface area contributed by atoms with Crippen LogP contribution in [0.5, 0.6) is 0 Å². The number of hydrogen-bond acceptors (Lipinski definition) is 3. The predicted molar refractivity (Wildman–Crippen MR) is 64.1 cm³/mol. The van der Waals surface area contributed by atoms with Crippen molar-refractivity contribution < 1.29 is 19.4 Å². The van der Waals surface area contributed by atoms with E-state index in [1.165, 1.54) is 0 Å². The number of hydrogen-bond donors (Lipinski definition) is 2. The van der Waals surface area contributed by atoms with Crippen LogP contribution in [0.2, 0.25) is 0 Å². The molecule has 1 unspecified atom stereocenters. The molecule has 0 radical (unpaired) electrons. The van der Waals surface area contributed by atoms with Gasteiger partial charge in [-0.3, -0.25) is 0 Å². The Hall–Kier alpha value is -1.07. The maximum atomic E-state index is 10.8. The van der Waals surface area contributed by atoms with E-state index in [-0.39, 0.29) is 23.7 Å². The molecule has 17 heavy (non-hydrogen) atoms. The lowest BCUT2D eigenvalue weighted by atomic mass is 9.83.